The van der Waals surface area contributed by atoms with Crippen LogP contribution in [-0.2, 0) is 9.59 Å². The van der Waals surface area contributed by atoms with Gasteiger partial charge in [-0.1, -0.05) is 19.4 Å². The maximum atomic E-state index is 11.9. The Morgan fingerprint density at radius 2 is 1.96 bits per heavy atom. The summed E-state index contributed by atoms with van der Waals surface area (Å²) in [5.41, 5.74) is 1.71. The molecule has 25 heavy (non-hydrogen) atoms. The first-order chi connectivity index (χ1) is 11.8. The third kappa shape index (κ3) is 2.22. The molecule has 0 unspecified atom stereocenters. The Morgan fingerprint density at radius 1 is 1.20 bits per heavy atom. The number of fused-ring (bicyclic) bond motifs is 5. The Hall–Kier alpha value is -1.42. The van der Waals surface area contributed by atoms with E-state index < -0.39 is 6.10 Å². The molecule has 4 aliphatic carbocycles. The summed E-state index contributed by atoms with van der Waals surface area (Å²) in [5.74, 6) is 1.07. The number of aliphatic hydroxyl groups is 2. The fourth-order valence-corrected chi connectivity index (χ4v) is 6.99. The molecule has 0 saturated heterocycles. The predicted octanol–water partition coefficient (Wildman–Crippen LogP) is 3.50. The normalized spacial score (nSPS) is 48.1. The van der Waals surface area contributed by atoms with Crippen LogP contribution in [0.1, 0.15) is 58.8 Å². The predicted molar refractivity (Wildman–Crippen MR) is 93.8 cm³/mol. The zero-order valence-electron chi connectivity index (χ0n) is 15.1. The fraction of sp³-hybridized carbons (Fsp3) is 0.714. The standard InChI is InChI=1S/C21H28O4/c1-20-8-7-13(23)9-12(20)3-4-14-15-5-6-16(18(25)11-22)21(15,2)10-17(24)19(14)20/h9,11,14-15,17,19,24-25H,3-8,10H2,1-2H3/b18-16-/t14-,15-,17-,19+,20-,21-/m0/s1. The summed E-state index contributed by atoms with van der Waals surface area (Å²) < 4.78 is 0. The Labute approximate surface area is 149 Å². The van der Waals surface area contributed by atoms with E-state index in [0.717, 1.165) is 37.7 Å². The molecule has 2 N–H and O–H groups in total. The molecule has 0 bridgehead atoms. The zero-order chi connectivity index (χ0) is 18.0. The molecule has 0 aliphatic heterocycles. The summed E-state index contributed by atoms with van der Waals surface area (Å²) in [5, 5.41) is 21.2. The Bertz CT molecular complexity index is 690. The van der Waals surface area contributed by atoms with Crippen molar-refractivity contribution in [2.75, 3.05) is 0 Å². The summed E-state index contributed by atoms with van der Waals surface area (Å²) in [7, 11) is 0. The molecule has 136 valence electrons. The second kappa shape index (κ2) is 5.54. The first-order valence-electron chi connectivity index (χ1n) is 9.61. The number of hydrogen-bond acceptors (Lipinski definition) is 4. The lowest BCUT2D eigenvalue weighted by Crippen LogP contribution is -2.55. The smallest absolute Gasteiger partial charge is 0.184 e. The van der Waals surface area contributed by atoms with Crippen LogP contribution in [0.2, 0.25) is 0 Å². The highest BCUT2D eigenvalue weighted by molar-refractivity contribution is 5.91. The Kier molecular flexibility index (Phi) is 3.77. The van der Waals surface area contributed by atoms with Gasteiger partial charge in [-0.25, -0.2) is 0 Å². The molecule has 3 saturated carbocycles. The van der Waals surface area contributed by atoms with Crippen molar-refractivity contribution in [1.82, 2.24) is 0 Å². The number of carbonyl (C=O) groups is 2. The number of carbonyl (C=O) groups excluding carboxylic acids is 2. The van der Waals surface area contributed by atoms with Gasteiger partial charge in [0.15, 0.2) is 17.8 Å². The first kappa shape index (κ1) is 17.0. The molecule has 4 nitrogen and oxygen atoms in total. The molecule has 0 aromatic rings. The summed E-state index contributed by atoms with van der Waals surface area (Å²) in [6.07, 6.45) is 7.61. The molecule has 0 aromatic carbocycles. The minimum absolute atomic E-state index is 0.0866. The van der Waals surface area contributed by atoms with Gasteiger partial charge >= 0.3 is 0 Å². The average molecular weight is 344 g/mol. The second-order valence-corrected chi connectivity index (χ2v) is 9.10. The van der Waals surface area contributed by atoms with Crippen LogP contribution >= 0.6 is 0 Å². The average Bonchev–Trinajstić information content (AvgIpc) is 2.91. The molecular weight excluding hydrogens is 316 g/mol. The largest absolute Gasteiger partial charge is 0.505 e. The second-order valence-electron chi connectivity index (χ2n) is 9.10. The van der Waals surface area contributed by atoms with E-state index in [2.05, 4.69) is 13.8 Å². The fourth-order valence-electron chi connectivity index (χ4n) is 6.99. The van der Waals surface area contributed by atoms with E-state index in [1.165, 1.54) is 5.57 Å². The number of aldehydes is 1. The number of rotatable bonds is 1. The van der Waals surface area contributed by atoms with E-state index in [9.17, 15) is 19.8 Å². The van der Waals surface area contributed by atoms with Crippen molar-refractivity contribution in [3.8, 4) is 0 Å². The van der Waals surface area contributed by atoms with Crippen molar-refractivity contribution in [1.29, 1.82) is 0 Å². The minimum Gasteiger partial charge on any atom is -0.505 e. The molecule has 0 heterocycles. The van der Waals surface area contributed by atoms with Gasteiger partial charge in [-0.2, -0.15) is 0 Å². The molecule has 4 rings (SSSR count). The van der Waals surface area contributed by atoms with E-state index in [0.29, 0.717) is 31.0 Å². The number of allylic oxidation sites excluding steroid dienone is 3. The van der Waals surface area contributed by atoms with E-state index in [1.807, 2.05) is 6.08 Å². The maximum absolute atomic E-state index is 11.9. The summed E-state index contributed by atoms with van der Waals surface area (Å²) in [4.78, 5) is 23.0. The summed E-state index contributed by atoms with van der Waals surface area (Å²) >= 11 is 0. The van der Waals surface area contributed by atoms with Crippen LogP contribution in [0.25, 0.3) is 0 Å². The van der Waals surface area contributed by atoms with Crippen molar-refractivity contribution in [3.05, 3.63) is 23.0 Å². The molecule has 0 radical (unpaired) electrons. The number of hydrogen-bond donors (Lipinski definition) is 2. The van der Waals surface area contributed by atoms with E-state index in [-0.39, 0.29) is 28.3 Å². The van der Waals surface area contributed by atoms with Crippen LogP contribution in [0.5, 0.6) is 0 Å². The molecule has 0 amide bonds. The first-order valence-corrected chi connectivity index (χ1v) is 9.61. The van der Waals surface area contributed by atoms with Gasteiger partial charge in [0.1, 0.15) is 0 Å². The highest BCUT2D eigenvalue weighted by atomic mass is 16.3. The van der Waals surface area contributed by atoms with Gasteiger partial charge in [-0.15, -0.1) is 0 Å². The van der Waals surface area contributed by atoms with E-state index in [1.54, 1.807) is 0 Å². The van der Waals surface area contributed by atoms with Crippen molar-refractivity contribution < 1.29 is 19.8 Å². The maximum Gasteiger partial charge on any atom is 0.184 e. The van der Waals surface area contributed by atoms with Crippen molar-refractivity contribution in [2.24, 2.45) is 28.6 Å². The van der Waals surface area contributed by atoms with Gasteiger partial charge in [0.05, 0.1) is 6.10 Å². The lowest BCUT2D eigenvalue weighted by molar-refractivity contribution is -0.124. The molecular formula is C21H28O4. The highest BCUT2D eigenvalue weighted by Crippen LogP contribution is 2.66. The van der Waals surface area contributed by atoms with Gasteiger partial charge in [0.2, 0.25) is 0 Å². The lowest BCUT2D eigenvalue weighted by atomic mass is 9.46. The van der Waals surface area contributed by atoms with E-state index >= 15 is 0 Å². The van der Waals surface area contributed by atoms with Crippen LogP contribution in [-0.4, -0.2) is 28.4 Å². The Morgan fingerprint density at radius 3 is 2.68 bits per heavy atom. The molecule has 0 spiro atoms. The van der Waals surface area contributed by atoms with Crippen LogP contribution in [0.3, 0.4) is 0 Å². The minimum atomic E-state index is -0.458. The van der Waals surface area contributed by atoms with Crippen LogP contribution in [0.15, 0.2) is 23.0 Å². The highest BCUT2D eigenvalue weighted by Gasteiger charge is 2.61. The SMILES string of the molecule is C[C@]12CCC(=O)C=C1CC[C@@H]1[C@@H]2[C@@H](O)C[C@]2(C)/C(=C(\O)C=O)CC[C@@H]12. The van der Waals surface area contributed by atoms with Crippen LogP contribution in [0.4, 0.5) is 0 Å². The summed E-state index contributed by atoms with van der Waals surface area (Å²) in [6.45, 7) is 4.36. The molecule has 4 aliphatic rings. The van der Waals surface area contributed by atoms with Gasteiger partial charge in [-0.3, -0.25) is 9.59 Å². The number of ketones is 1. The third-order valence-electron chi connectivity index (χ3n) is 8.10. The topological polar surface area (TPSA) is 74.6 Å². The van der Waals surface area contributed by atoms with Crippen LogP contribution in [0, 0.1) is 28.6 Å². The van der Waals surface area contributed by atoms with Gasteiger partial charge in [-0.05, 0) is 78.8 Å². The van der Waals surface area contributed by atoms with Crippen LogP contribution < -0.4 is 0 Å². The zero-order valence-corrected chi connectivity index (χ0v) is 15.1. The monoisotopic (exact) mass is 344 g/mol. The lowest BCUT2D eigenvalue weighted by Gasteiger charge is -2.59. The Balaban J connectivity index is 1.75. The quantitative estimate of drug-likeness (QED) is 0.434. The molecule has 6 atom stereocenters. The van der Waals surface area contributed by atoms with Crippen molar-refractivity contribution in [2.45, 2.75) is 64.9 Å². The van der Waals surface area contributed by atoms with Gasteiger partial charge < -0.3 is 10.2 Å². The van der Waals surface area contributed by atoms with Crippen molar-refractivity contribution in [3.63, 3.8) is 0 Å². The number of aliphatic hydroxyl groups excluding tert-OH is 2. The van der Waals surface area contributed by atoms with Gasteiger partial charge in [0, 0.05) is 6.42 Å². The molecule has 3 fully saturated rings. The van der Waals surface area contributed by atoms with E-state index in [4.69, 9.17) is 0 Å². The van der Waals surface area contributed by atoms with Gasteiger partial charge in [0.25, 0.3) is 0 Å². The molecule has 4 heteroatoms. The summed E-state index contributed by atoms with van der Waals surface area (Å²) in [6, 6.07) is 0. The molecule has 0 aromatic heterocycles. The van der Waals surface area contributed by atoms with Crippen molar-refractivity contribution >= 4 is 12.1 Å². The third-order valence-corrected chi connectivity index (χ3v) is 8.10.